The molecule has 0 aromatic heterocycles. The SMILES string of the molecule is COc1ccc(NC(=O)C(C)(C)Cc2cccc(Cl)c2)cc1N. The predicted molar refractivity (Wildman–Crippen MR) is 95.0 cm³/mol. The lowest BCUT2D eigenvalue weighted by molar-refractivity contribution is -0.123. The van der Waals surface area contributed by atoms with Gasteiger partial charge in [0.2, 0.25) is 5.91 Å². The smallest absolute Gasteiger partial charge is 0.230 e. The molecule has 0 aliphatic heterocycles. The van der Waals surface area contributed by atoms with Crippen LogP contribution >= 0.6 is 11.6 Å². The van der Waals surface area contributed by atoms with Crippen LogP contribution in [0, 0.1) is 5.41 Å². The number of anilines is 2. The van der Waals surface area contributed by atoms with Crippen LogP contribution < -0.4 is 15.8 Å². The molecule has 0 saturated heterocycles. The molecule has 0 fully saturated rings. The molecule has 23 heavy (non-hydrogen) atoms. The summed E-state index contributed by atoms with van der Waals surface area (Å²) in [5.41, 5.74) is 7.43. The first-order valence-corrected chi connectivity index (χ1v) is 7.69. The van der Waals surface area contributed by atoms with Crippen LogP contribution in [0.25, 0.3) is 0 Å². The van der Waals surface area contributed by atoms with E-state index >= 15 is 0 Å². The van der Waals surface area contributed by atoms with Crippen LogP contribution in [0.3, 0.4) is 0 Å². The first-order valence-electron chi connectivity index (χ1n) is 7.31. The molecule has 0 heterocycles. The standard InChI is InChI=1S/C18H21ClN2O2/c1-18(2,11-12-5-4-6-13(19)9-12)17(22)21-14-7-8-16(23-3)15(20)10-14/h4-10H,11,20H2,1-3H3,(H,21,22). The Morgan fingerprint density at radius 2 is 2.00 bits per heavy atom. The molecule has 0 aliphatic carbocycles. The molecule has 0 saturated carbocycles. The molecule has 1 amide bonds. The number of carbonyl (C=O) groups is 1. The second-order valence-electron chi connectivity index (χ2n) is 6.10. The van der Waals surface area contributed by atoms with Gasteiger partial charge in [-0.15, -0.1) is 0 Å². The maximum atomic E-state index is 12.6. The largest absolute Gasteiger partial charge is 0.495 e. The quantitative estimate of drug-likeness (QED) is 0.809. The molecule has 4 nitrogen and oxygen atoms in total. The lowest BCUT2D eigenvalue weighted by Gasteiger charge is -2.24. The Labute approximate surface area is 141 Å². The van der Waals surface area contributed by atoms with Crippen LogP contribution in [0.1, 0.15) is 19.4 Å². The van der Waals surface area contributed by atoms with Crippen molar-refractivity contribution in [3.8, 4) is 5.75 Å². The van der Waals surface area contributed by atoms with E-state index in [1.807, 2.05) is 38.1 Å². The second-order valence-corrected chi connectivity index (χ2v) is 6.54. The number of hydrogen-bond acceptors (Lipinski definition) is 3. The highest BCUT2D eigenvalue weighted by molar-refractivity contribution is 6.30. The fourth-order valence-corrected chi connectivity index (χ4v) is 2.56. The van der Waals surface area contributed by atoms with Gasteiger partial charge in [-0.2, -0.15) is 0 Å². The average Bonchev–Trinajstić information content (AvgIpc) is 2.47. The summed E-state index contributed by atoms with van der Waals surface area (Å²) >= 11 is 6.00. The van der Waals surface area contributed by atoms with E-state index in [9.17, 15) is 4.79 Å². The van der Waals surface area contributed by atoms with E-state index in [2.05, 4.69) is 5.32 Å². The molecular weight excluding hydrogens is 312 g/mol. The number of methoxy groups -OCH3 is 1. The first kappa shape index (κ1) is 17.2. The Bertz CT molecular complexity index is 714. The summed E-state index contributed by atoms with van der Waals surface area (Å²) in [6, 6.07) is 12.7. The Balaban J connectivity index is 2.10. The Morgan fingerprint density at radius 3 is 2.61 bits per heavy atom. The van der Waals surface area contributed by atoms with Crippen LogP contribution in [-0.2, 0) is 11.2 Å². The van der Waals surface area contributed by atoms with Crippen LogP contribution in [0.2, 0.25) is 5.02 Å². The molecule has 5 heteroatoms. The van der Waals surface area contributed by atoms with Gasteiger partial charge in [-0.05, 0) is 42.3 Å². The number of amides is 1. The second kappa shape index (κ2) is 6.92. The maximum absolute atomic E-state index is 12.6. The topological polar surface area (TPSA) is 64.3 Å². The lowest BCUT2D eigenvalue weighted by atomic mass is 9.84. The van der Waals surface area contributed by atoms with E-state index in [4.69, 9.17) is 22.1 Å². The lowest BCUT2D eigenvalue weighted by Crippen LogP contribution is -2.32. The van der Waals surface area contributed by atoms with Crippen molar-refractivity contribution >= 4 is 28.9 Å². The number of rotatable bonds is 5. The number of nitrogens with one attached hydrogen (secondary N) is 1. The van der Waals surface area contributed by atoms with Gasteiger partial charge in [0, 0.05) is 16.1 Å². The van der Waals surface area contributed by atoms with E-state index in [0.29, 0.717) is 28.6 Å². The minimum absolute atomic E-state index is 0.0814. The molecule has 2 aromatic carbocycles. The molecule has 0 bridgehead atoms. The van der Waals surface area contributed by atoms with Crippen molar-refractivity contribution in [2.45, 2.75) is 20.3 Å². The monoisotopic (exact) mass is 332 g/mol. The summed E-state index contributed by atoms with van der Waals surface area (Å²) in [5.74, 6) is 0.503. The molecule has 122 valence electrons. The first-order chi connectivity index (χ1) is 10.8. The molecule has 0 atom stereocenters. The van der Waals surface area contributed by atoms with Gasteiger partial charge in [0.25, 0.3) is 0 Å². The van der Waals surface area contributed by atoms with E-state index in [1.54, 1.807) is 25.3 Å². The molecule has 0 aliphatic rings. The molecule has 0 spiro atoms. The van der Waals surface area contributed by atoms with Crippen molar-refractivity contribution in [2.75, 3.05) is 18.2 Å². The van der Waals surface area contributed by atoms with Crippen LogP contribution in [0.4, 0.5) is 11.4 Å². The van der Waals surface area contributed by atoms with Gasteiger partial charge < -0.3 is 15.8 Å². The molecule has 0 unspecified atom stereocenters. The summed E-state index contributed by atoms with van der Waals surface area (Å²) in [4.78, 5) is 12.6. The number of carbonyl (C=O) groups excluding carboxylic acids is 1. The van der Waals surface area contributed by atoms with Gasteiger partial charge >= 0.3 is 0 Å². The Hall–Kier alpha value is -2.20. The van der Waals surface area contributed by atoms with Crippen LogP contribution in [0.15, 0.2) is 42.5 Å². The molecule has 3 N–H and O–H groups in total. The van der Waals surface area contributed by atoms with E-state index < -0.39 is 5.41 Å². The average molecular weight is 333 g/mol. The number of nitrogen functional groups attached to an aromatic ring is 1. The highest BCUT2D eigenvalue weighted by atomic mass is 35.5. The fourth-order valence-electron chi connectivity index (χ4n) is 2.35. The summed E-state index contributed by atoms with van der Waals surface area (Å²) in [7, 11) is 1.55. The zero-order chi connectivity index (χ0) is 17.0. The van der Waals surface area contributed by atoms with E-state index in [1.165, 1.54) is 0 Å². The Kier molecular flexibility index (Phi) is 5.16. The van der Waals surface area contributed by atoms with Gasteiger partial charge in [-0.3, -0.25) is 4.79 Å². The zero-order valence-electron chi connectivity index (χ0n) is 13.5. The van der Waals surface area contributed by atoms with Gasteiger partial charge in [0.15, 0.2) is 0 Å². The van der Waals surface area contributed by atoms with Crippen molar-refractivity contribution < 1.29 is 9.53 Å². The van der Waals surface area contributed by atoms with Crippen LogP contribution in [0.5, 0.6) is 5.75 Å². The minimum Gasteiger partial charge on any atom is -0.495 e. The number of ether oxygens (including phenoxy) is 1. The third-order valence-electron chi connectivity index (χ3n) is 3.64. The zero-order valence-corrected chi connectivity index (χ0v) is 14.3. The summed E-state index contributed by atoms with van der Waals surface area (Å²) in [6.07, 6.45) is 0.588. The highest BCUT2D eigenvalue weighted by Gasteiger charge is 2.28. The van der Waals surface area contributed by atoms with E-state index in [-0.39, 0.29) is 5.91 Å². The summed E-state index contributed by atoms with van der Waals surface area (Å²) in [5, 5.41) is 3.57. The molecule has 2 aromatic rings. The highest BCUT2D eigenvalue weighted by Crippen LogP contribution is 2.28. The van der Waals surface area contributed by atoms with Crippen LogP contribution in [-0.4, -0.2) is 13.0 Å². The summed E-state index contributed by atoms with van der Waals surface area (Å²) in [6.45, 7) is 3.80. The van der Waals surface area contributed by atoms with Gasteiger partial charge in [0.05, 0.1) is 12.8 Å². The molecule has 2 rings (SSSR count). The number of hydrogen-bond donors (Lipinski definition) is 2. The normalized spacial score (nSPS) is 11.1. The number of benzene rings is 2. The predicted octanol–water partition coefficient (Wildman–Crippen LogP) is 4.14. The Morgan fingerprint density at radius 1 is 1.26 bits per heavy atom. The third kappa shape index (κ3) is 4.39. The van der Waals surface area contributed by atoms with E-state index in [0.717, 1.165) is 5.56 Å². The van der Waals surface area contributed by atoms with Gasteiger partial charge in [0.1, 0.15) is 5.75 Å². The number of nitrogens with two attached hydrogens (primary N) is 1. The van der Waals surface area contributed by atoms with Gasteiger partial charge in [-0.25, -0.2) is 0 Å². The fraction of sp³-hybridized carbons (Fsp3) is 0.278. The van der Waals surface area contributed by atoms with Crippen molar-refractivity contribution in [1.29, 1.82) is 0 Å². The summed E-state index contributed by atoms with van der Waals surface area (Å²) < 4.78 is 5.11. The van der Waals surface area contributed by atoms with Crippen molar-refractivity contribution in [3.05, 3.63) is 53.1 Å². The third-order valence-corrected chi connectivity index (χ3v) is 3.87. The molecule has 0 radical (unpaired) electrons. The van der Waals surface area contributed by atoms with Crippen molar-refractivity contribution in [2.24, 2.45) is 5.41 Å². The van der Waals surface area contributed by atoms with Crippen molar-refractivity contribution in [1.82, 2.24) is 0 Å². The van der Waals surface area contributed by atoms with Crippen molar-refractivity contribution in [3.63, 3.8) is 0 Å². The minimum atomic E-state index is -0.584. The van der Waals surface area contributed by atoms with Gasteiger partial charge in [-0.1, -0.05) is 37.6 Å². The molecular formula is C18H21ClN2O2. The maximum Gasteiger partial charge on any atom is 0.230 e. The number of halogens is 1.